The van der Waals surface area contributed by atoms with Gasteiger partial charge in [-0.3, -0.25) is 0 Å². The molecule has 2 aliphatic rings. The van der Waals surface area contributed by atoms with E-state index >= 15 is 0 Å². The molecule has 1 N–H and O–H groups in total. The summed E-state index contributed by atoms with van der Waals surface area (Å²) in [5.74, 6) is 0. The van der Waals surface area contributed by atoms with Crippen LogP contribution >= 0.6 is 0 Å². The van der Waals surface area contributed by atoms with Crippen molar-refractivity contribution in [3.05, 3.63) is 12.4 Å². The van der Waals surface area contributed by atoms with Crippen LogP contribution in [0, 0.1) is 0 Å². The number of aromatic nitrogens is 3. The van der Waals surface area contributed by atoms with Gasteiger partial charge >= 0.3 is 6.03 Å². The van der Waals surface area contributed by atoms with Crippen LogP contribution in [0.3, 0.4) is 0 Å². The van der Waals surface area contributed by atoms with Gasteiger partial charge in [-0.1, -0.05) is 0 Å². The molecule has 0 aliphatic carbocycles. The molecule has 20 heavy (non-hydrogen) atoms. The maximum absolute atomic E-state index is 12.4. The summed E-state index contributed by atoms with van der Waals surface area (Å²) in [6, 6.07) is 1.07. The Kier molecular flexibility index (Phi) is 3.18. The van der Waals surface area contributed by atoms with Crippen molar-refractivity contribution >= 4 is 6.03 Å². The molecule has 2 aliphatic heterocycles. The first-order valence-electron chi connectivity index (χ1n) is 7.40. The standard InChI is InChI=1S/C14H23N5O/c1-14(2,3)17-13(20)18-10-4-5-11(18)9-12(8-10)19-15-6-7-16-19/h6-7,10-12H,4-5,8-9H2,1-3H3,(H,17,20). The monoisotopic (exact) mass is 277 g/mol. The molecule has 0 aromatic carbocycles. The fourth-order valence-electron chi connectivity index (χ4n) is 3.47. The molecule has 2 saturated heterocycles. The number of nitrogens with zero attached hydrogens (tertiary/aromatic N) is 4. The van der Waals surface area contributed by atoms with Crippen LogP contribution in [0.2, 0.25) is 0 Å². The second-order valence-electron chi connectivity index (χ2n) is 6.95. The van der Waals surface area contributed by atoms with E-state index < -0.39 is 0 Å². The van der Waals surface area contributed by atoms with E-state index in [2.05, 4.69) is 20.4 Å². The fourth-order valence-corrected chi connectivity index (χ4v) is 3.47. The molecule has 0 saturated carbocycles. The summed E-state index contributed by atoms with van der Waals surface area (Å²) < 4.78 is 0. The second kappa shape index (κ2) is 4.75. The Balaban J connectivity index is 1.70. The summed E-state index contributed by atoms with van der Waals surface area (Å²) >= 11 is 0. The Morgan fingerprint density at radius 3 is 2.15 bits per heavy atom. The molecule has 1 aromatic rings. The Morgan fingerprint density at radius 2 is 1.65 bits per heavy atom. The zero-order valence-electron chi connectivity index (χ0n) is 12.4. The number of fused-ring (bicyclic) bond motifs is 2. The van der Waals surface area contributed by atoms with Crippen LogP contribution in [0.4, 0.5) is 4.79 Å². The van der Waals surface area contributed by atoms with Gasteiger partial charge in [0.05, 0.1) is 18.4 Å². The topological polar surface area (TPSA) is 63.1 Å². The molecular formula is C14H23N5O. The third kappa shape index (κ3) is 2.51. The lowest BCUT2D eigenvalue weighted by Gasteiger charge is -2.39. The van der Waals surface area contributed by atoms with Crippen molar-refractivity contribution in [2.75, 3.05) is 0 Å². The molecule has 0 spiro atoms. The van der Waals surface area contributed by atoms with E-state index in [1.807, 2.05) is 25.6 Å². The highest BCUT2D eigenvalue weighted by molar-refractivity contribution is 5.76. The van der Waals surface area contributed by atoms with E-state index in [1.165, 1.54) is 0 Å². The third-order valence-electron chi connectivity index (χ3n) is 4.19. The van der Waals surface area contributed by atoms with E-state index in [1.54, 1.807) is 12.4 Å². The summed E-state index contributed by atoms with van der Waals surface area (Å²) in [6.45, 7) is 6.06. The number of nitrogens with one attached hydrogen (secondary N) is 1. The summed E-state index contributed by atoms with van der Waals surface area (Å²) in [7, 11) is 0. The highest BCUT2D eigenvalue weighted by atomic mass is 16.2. The van der Waals surface area contributed by atoms with E-state index in [0.29, 0.717) is 18.1 Å². The number of urea groups is 1. The minimum Gasteiger partial charge on any atom is -0.333 e. The molecule has 2 fully saturated rings. The molecule has 2 atom stereocenters. The van der Waals surface area contributed by atoms with Crippen molar-refractivity contribution in [1.82, 2.24) is 25.2 Å². The molecule has 110 valence electrons. The Morgan fingerprint density at radius 1 is 1.10 bits per heavy atom. The highest BCUT2D eigenvalue weighted by Crippen LogP contribution is 2.40. The fraction of sp³-hybridized carbons (Fsp3) is 0.786. The smallest absolute Gasteiger partial charge is 0.318 e. The van der Waals surface area contributed by atoms with Crippen LogP contribution < -0.4 is 5.32 Å². The predicted octanol–water partition coefficient (Wildman–Crippen LogP) is 1.95. The van der Waals surface area contributed by atoms with Gasteiger partial charge in [0.2, 0.25) is 0 Å². The van der Waals surface area contributed by atoms with Crippen molar-refractivity contribution in [3.8, 4) is 0 Å². The first-order chi connectivity index (χ1) is 9.44. The predicted molar refractivity (Wildman–Crippen MR) is 75.2 cm³/mol. The first-order valence-corrected chi connectivity index (χ1v) is 7.40. The number of carbonyl (C=O) groups is 1. The normalized spacial score (nSPS) is 29.6. The van der Waals surface area contributed by atoms with Gasteiger partial charge in [-0.25, -0.2) is 4.79 Å². The van der Waals surface area contributed by atoms with Gasteiger partial charge in [-0.05, 0) is 46.5 Å². The molecule has 1 aromatic heterocycles. The van der Waals surface area contributed by atoms with Crippen LogP contribution in [0.5, 0.6) is 0 Å². The van der Waals surface area contributed by atoms with Crippen molar-refractivity contribution in [1.29, 1.82) is 0 Å². The zero-order chi connectivity index (χ0) is 14.3. The van der Waals surface area contributed by atoms with Crippen molar-refractivity contribution in [3.63, 3.8) is 0 Å². The molecule has 6 nitrogen and oxygen atoms in total. The number of amides is 2. The molecule has 2 amide bonds. The van der Waals surface area contributed by atoms with E-state index in [0.717, 1.165) is 25.7 Å². The van der Waals surface area contributed by atoms with Crippen LogP contribution in [0.15, 0.2) is 12.4 Å². The Bertz CT molecular complexity index is 464. The Labute approximate surface area is 119 Å². The average Bonchev–Trinajstić information content (AvgIpc) is 2.94. The summed E-state index contributed by atoms with van der Waals surface area (Å²) in [5, 5.41) is 11.6. The van der Waals surface area contributed by atoms with E-state index in [9.17, 15) is 4.79 Å². The van der Waals surface area contributed by atoms with E-state index in [-0.39, 0.29) is 11.6 Å². The third-order valence-corrected chi connectivity index (χ3v) is 4.19. The number of hydrogen-bond donors (Lipinski definition) is 1. The van der Waals surface area contributed by atoms with Crippen molar-refractivity contribution in [2.24, 2.45) is 0 Å². The SMILES string of the molecule is CC(C)(C)NC(=O)N1C2CCC1CC(n1nccn1)C2. The maximum atomic E-state index is 12.4. The quantitative estimate of drug-likeness (QED) is 0.853. The molecule has 3 rings (SSSR count). The van der Waals surface area contributed by atoms with Gasteiger partial charge in [0.15, 0.2) is 0 Å². The lowest BCUT2D eigenvalue weighted by molar-refractivity contribution is 0.111. The lowest BCUT2D eigenvalue weighted by atomic mass is 9.98. The lowest BCUT2D eigenvalue weighted by Crippen LogP contribution is -2.55. The average molecular weight is 277 g/mol. The van der Waals surface area contributed by atoms with Gasteiger partial charge in [-0.2, -0.15) is 15.0 Å². The molecule has 3 heterocycles. The first kappa shape index (κ1) is 13.4. The van der Waals surface area contributed by atoms with Crippen LogP contribution in [-0.2, 0) is 0 Å². The second-order valence-corrected chi connectivity index (χ2v) is 6.95. The van der Waals surface area contributed by atoms with Gasteiger partial charge in [-0.15, -0.1) is 0 Å². The number of carbonyl (C=O) groups excluding carboxylic acids is 1. The number of rotatable bonds is 1. The zero-order valence-corrected chi connectivity index (χ0v) is 12.4. The molecule has 2 bridgehead atoms. The van der Waals surface area contributed by atoms with Crippen LogP contribution in [0.25, 0.3) is 0 Å². The van der Waals surface area contributed by atoms with Gasteiger partial charge in [0, 0.05) is 17.6 Å². The van der Waals surface area contributed by atoms with Crippen LogP contribution in [-0.4, -0.2) is 43.5 Å². The molecule has 6 heteroatoms. The maximum Gasteiger partial charge on any atom is 0.318 e. The minimum atomic E-state index is -0.184. The number of piperidine rings is 1. The molecule has 0 radical (unpaired) electrons. The Hall–Kier alpha value is -1.59. The summed E-state index contributed by atoms with van der Waals surface area (Å²) in [6.07, 6.45) is 7.56. The van der Waals surface area contributed by atoms with Gasteiger partial charge < -0.3 is 10.2 Å². The largest absolute Gasteiger partial charge is 0.333 e. The van der Waals surface area contributed by atoms with Gasteiger partial charge in [0.25, 0.3) is 0 Å². The van der Waals surface area contributed by atoms with E-state index in [4.69, 9.17) is 0 Å². The minimum absolute atomic E-state index is 0.0804. The van der Waals surface area contributed by atoms with Gasteiger partial charge in [0.1, 0.15) is 0 Å². The molecular weight excluding hydrogens is 254 g/mol. The van der Waals surface area contributed by atoms with Crippen molar-refractivity contribution < 1.29 is 4.79 Å². The highest BCUT2D eigenvalue weighted by Gasteiger charge is 2.44. The summed E-state index contributed by atoms with van der Waals surface area (Å²) in [4.78, 5) is 16.3. The summed E-state index contributed by atoms with van der Waals surface area (Å²) in [5.41, 5.74) is -0.184. The van der Waals surface area contributed by atoms with Crippen LogP contribution in [0.1, 0.15) is 52.5 Å². The molecule has 2 unspecified atom stereocenters. The number of hydrogen-bond acceptors (Lipinski definition) is 3. The van der Waals surface area contributed by atoms with Crippen molar-refractivity contribution in [2.45, 2.75) is 70.1 Å².